The molecule has 112 valence electrons. The summed E-state index contributed by atoms with van der Waals surface area (Å²) >= 11 is 0. The van der Waals surface area contributed by atoms with Crippen LogP contribution in [0.15, 0.2) is 35.4 Å². The number of methoxy groups -OCH3 is 1. The lowest BCUT2D eigenvalue weighted by Crippen LogP contribution is -2.54. The standard InChI is InChI=1S/C14H17N3O4/c1-18-12-7-10(16-17-15)13-11(20-12)8-19-14(21-13)9-5-3-2-4-6-9/h2-6,10-14H,7-8H2,1H3/t10-,11+,12-,13-,14?/m0/s1. The van der Waals surface area contributed by atoms with Gasteiger partial charge < -0.3 is 18.9 Å². The minimum atomic E-state index is -0.466. The number of benzene rings is 1. The molecule has 0 spiro atoms. The maximum atomic E-state index is 8.74. The SMILES string of the molecule is CO[C@@H]1C[C@H](N=[N+]=[N-])[C@@H]2OC(c3ccccc3)OC[C@H]2O1. The van der Waals surface area contributed by atoms with Crippen molar-refractivity contribution in [3.05, 3.63) is 46.3 Å². The van der Waals surface area contributed by atoms with Crippen LogP contribution in [0.5, 0.6) is 0 Å². The zero-order valence-electron chi connectivity index (χ0n) is 11.7. The van der Waals surface area contributed by atoms with Crippen LogP contribution in [-0.4, -0.2) is 38.3 Å². The predicted molar refractivity (Wildman–Crippen MR) is 73.2 cm³/mol. The lowest BCUT2D eigenvalue weighted by molar-refractivity contribution is -0.317. The van der Waals surface area contributed by atoms with Crippen LogP contribution < -0.4 is 0 Å². The van der Waals surface area contributed by atoms with Crippen molar-refractivity contribution in [3.8, 4) is 0 Å². The van der Waals surface area contributed by atoms with Crippen molar-refractivity contribution in [3.63, 3.8) is 0 Å². The smallest absolute Gasteiger partial charge is 0.184 e. The summed E-state index contributed by atoms with van der Waals surface area (Å²) in [7, 11) is 1.56. The van der Waals surface area contributed by atoms with Gasteiger partial charge in [0, 0.05) is 24.0 Å². The Morgan fingerprint density at radius 1 is 1.29 bits per heavy atom. The third-order valence-electron chi connectivity index (χ3n) is 3.73. The van der Waals surface area contributed by atoms with Gasteiger partial charge >= 0.3 is 0 Å². The molecule has 1 unspecified atom stereocenters. The van der Waals surface area contributed by atoms with Crippen LogP contribution in [0, 0.1) is 0 Å². The van der Waals surface area contributed by atoms with Crippen LogP contribution >= 0.6 is 0 Å². The number of azide groups is 1. The molecule has 0 radical (unpaired) electrons. The number of ether oxygens (including phenoxy) is 4. The lowest BCUT2D eigenvalue weighted by atomic mass is 9.98. The van der Waals surface area contributed by atoms with Gasteiger partial charge in [0.25, 0.3) is 0 Å². The fourth-order valence-corrected chi connectivity index (χ4v) is 2.70. The lowest BCUT2D eigenvalue weighted by Gasteiger charge is -2.44. The molecule has 2 heterocycles. The van der Waals surface area contributed by atoms with Crippen molar-refractivity contribution in [1.82, 2.24) is 0 Å². The highest BCUT2D eigenvalue weighted by Crippen LogP contribution is 2.35. The van der Waals surface area contributed by atoms with Crippen LogP contribution in [0.2, 0.25) is 0 Å². The van der Waals surface area contributed by atoms with E-state index in [1.807, 2.05) is 30.3 Å². The zero-order valence-corrected chi connectivity index (χ0v) is 11.7. The second kappa shape index (κ2) is 6.43. The molecular weight excluding hydrogens is 274 g/mol. The molecule has 2 fully saturated rings. The van der Waals surface area contributed by atoms with Crippen molar-refractivity contribution < 1.29 is 18.9 Å². The molecule has 0 bridgehead atoms. The summed E-state index contributed by atoms with van der Waals surface area (Å²) in [6, 6.07) is 9.35. The monoisotopic (exact) mass is 291 g/mol. The van der Waals surface area contributed by atoms with Crippen molar-refractivity contribution in [2.45, 2.75) is 37.3 Å². The Balaban J connectivity index is 1.77. The normalized spacial score (nSPS) is 35.6. The molecule has 2 aliphatic rings. The van der Waals surface area contributed by atoms with E-state index in [0.717, 1.165) is 5.56 Å². The summed E-state index contributed by atoms with van der Waals surface area (Å²) in [4.78, 5) is 2.91. The van der Waals surface area contributed by atoms with Crippen molar-refractivity contribution in [1.29, 1.82) is 0 Å². The predicted octanol–water partition coefficient (Wildman–Crippen LogP) is 2.54. The minimum Gasteiger partial charge on any atom is -0.356 e. The van der Waals surface area contributed by atoms with E-state index in [9.17, 15) is 0 Å². The van der Waals surface area contributed by atoms with Crippen molar-refractivity contribution in [2.24, 2.45) is 5.11 Å². The van der Waals surface area contributed by atoms with E-state index >= 15 is 0 Å². The van der Waals surface area contributed by atoms with Crippen LogP contribution in [0.4, 0.5) is 0 Å². The molecule has 1 aromatic carbocycles. The first-order chi connectivity index (χ1) is 10.3. The maximum absolute atomic E-state index is 8.74. The maximum Gasteiger partial charge on any atom is 0.184 e. The first kappa shape index (κ1) is 14.3. The Hall–Kier alpha value is -1.63. The molecule has 21 heavy (non-hydrogen) atoms. The Morgan fingerprint density at radius 3 is 2.81 bits per heavy atom. The first-order valence-corrected chi connectivity index (χ1v) is 6.86. The first-order valence-electron chi connectivity index (χ1n) is 6.86. The van der Waals surface area contributed by atoms with Gasteiger partial charge in [-0.2, -0.15) is 0 Å². The Kier molecular flexibility index (Phi) is 4.38. The second-order valence-electron chi connectivity index (χ2n) is 5.02. The molecule has 7 heteroatoms. The number of nitrogens with zero attached hydrogens (tertiary/aromatic N) is 3. The highest BCUT2D eigenvalue weighted by Gasteiger charge is 2.44. The van der Waals surface area contributed by atoms with E-state index in [0.29, 0.717) is 13.0 Å². The molecule has 2 aliphatic heterocycles. The Morgan fingerprint density at radius 2 is 2.10 bits per heavy atom. The average Bonchev–Trinajstić information content (AvgIpc) is 2.55. The molecule has 0 amide bonds. The van der Waals surface area contributed by atoms with Crippen LogP contribution in [0.1, 0.15) is 18.3 Å². The number of rotatable bonds is 3. The molecule has 1 aromatic rings. The fraction of sp³-hybridized carbons (Fsp3) is 0.571. The molecule has 0 aliphatic carbocycles. The average molecular weight is 291 g/mol. The summed E-state index contributed by atoms with van der Waals surface area (Å²) in [5.74, 6) is 0. The van der Waals surface area contributed by atoms with E-state index < -0.39 is 12.6 Å². The van der Waals surface area contributed by atoms with Gasteiger partial charge in [0.05, 0.1) is 18.8 Å². The molecule has 5 atom stereocenters. The van der Waals surface area contributed by atoms with Gasteiger partial charge in [-0.15, -0.1) is 0 Å². The topological polar surface area (TPSA) is 85.7 Å². The van der Waals surface area contributed by atoms with Crippen LogP contribution in [-0.2, 0) is 18.9 Å². The van der Waals surface area contributed by atoms with Gasteiger partial charge in [0.2, 0.25) is 0 Å². The van der Waals surface area contributed by atoms with Crippen molar-refractivity contribution >= 4 is 0 Å². The zero-order chi connectivity index (χ0) is 14.7. The summed E-state index contributed by atoms with van der Waals surface area (Å²) in [6.07, 6.45) is -1.01. The highest BCUT2D eigenvalue weighted by atomic mass is 16.7. The fourth-order valence-electron chi connectivity index (χ4n) is 2.70. The minimum absolute atomic E-state index is 0.292. The van der Waals surface area contributed by atoms with E-state index in [-0.39, 0.29) is 18.2 Å². The van der Waals surface area contributed by atoms with Gasteiger partial charge in [-0.1, -0.05) is 35.4 Å². The van der Waals surface area contributed by atoms with E-state index in [1.165, 1.54) is 0 Å². The molecule has 7 nitrogen and oxygen atoms in total. The number of hydrogen-bond acceptors (Lipinski definition) is 5. The van der Waals surface area contributed by atoms with E-state index in [1.54, 1.807) is 7.11 Å². The Labute approximate surface area is 122 Å². The quantitative estimate of drug-likeness (QED) is 0.486. The van der Waals surface area contributed by atoms with Gasteiger partial charge in [-0.05, 0) is 5.53 Å². The van der Waals surface area contributed by atoms with Gasteiger partial charge in [0.15, 0.2) is 12.6 Å². The molecule has 0 aromatic heterocycles. The third kappa shape index (κ3) is 3.02. The summed E-state index contributed by atoms with van der Waals surface area (Å²) in [6.45, 7) is 0.377. The number of hydrogen-bond donors (Lipinski definition) is 0. The molecule has 0 N–H and O–H groups in total. The molecule has 0 saturated carbocycles. The summed E-state index contributed by atoms with van der Waals surface area (Å²) in [5, 5.41) is 3.83. The van der Waals surface area contributed by atoms with Crippen LogP contribution in [0.25, 0.3) is 10.4 Å². The van der Waals surface area contributed by atoms with E-state index in [2.05, 4.69) is 10.0 Å². The largest absolute Gasteiger partial charge is 0.356 e. The molecule has 3 rings (SSSR count). The molecule has 2 saturated heterocycles. The summed E-state index contributed by atoms with van der Waals surface area (Å²) in [5.41, 5.74) is 9.68. The van der Waals surface area contributed by atoms with Gasteiger partial charge in [-0.3, -0.25) is 0 Å². The third-order valence-corrected chi connectivity index (χ3v) is 3.73. The van der Waals surface area contributed by atoms with Crippen LogP contribution in [0.3, 0.4) is 0 Å². The van der Waals surface area contributed by atoms with Gasteiger partial charge in [0.1, 0.15) is 6.10 Å². The highest BCUT2D eigenvalue weighted by molar-refractivity contribution is 5.16. The van der Waals surface area contributed by atoms with E-state index in [4.69, 9.17) is 24.5 Å². The number of fused-ring (bicyclic) bond motifs is 1. The molecular formula is C14H17N3O4. The summed E-state index contributed by atoms with van der Waals surface area (Å²) < 4.78 is 22.6. The second-order valence-corrected chi connectivity index (χ2v) is 5.02. The van der Waals surface area contributed by atoms with Gasteiger partial charge in [-0.25, -0.2) is 0 Å². The van der Waals surface area contributed by atoms with Crippen molar-refractivity contribution in [2.75, 3.05) is 13.7 Å². The Bertz CT molecular complexity index is 520.